The summed E-state index contributed by atoms with van der Waals surface area (Å²) in [6, 6.07) is 6.87. The normalized spacial score (nSPS) is 10.9. The van der Waals surface area contributed by atoms with Crippen LogP contribution in [0, 0.1) is 5.82 Å². The van der Waals surface area contributed by atoms with Crippen molar-refractivity contribution in [3.05, 3.63) is 58.6 Å². The number of ether oxygens (including phenoxy) is 1. The Kier molecular flexibility index (Phi) is 5.59. The molecular formula is C15H18ClFN2O. The van der Waals surface area contributed by atoms with Crippen LogP contribution in [0.1, 0.15) is 11.1 Å². The first-order valence-corrected chi connectivity index (χ1v) is 6.85. The van der Waals surface area contributed by atoms with Crippen LogP contribution in [0.2, 0.25) is 5.02 Å². The van der Waals surface area contributed by atoms with Crippen LogP contribution in [0.5, 0.6) is 0 Å². The summed E-state index contributed by atoms with van der Waals surface area (Å²) >= 11 is 5.78. The fraction of sp³-hybridized carbons (Fsp3) is 0.333. The number of rotatable bonds is 7. The molecule has 108 valence electrons. The van der Waals surface area contributed by atoms with Gasteiger partial charge in [-0.05, 0) is 29.3 Å². The summed E-state index contributed by atoms with van der Waals surface area (Å²) in [6.45, 7) is 3.02. The number of nitrogens with zero attached hydrogens (tertiary/aromatic N) is 1. The van der Waals surface area contributed by atoms with Crippen molar-refractivity contribution < 1.29 is 9.13 Å². The second-order valence-corrected chi connectivity index (χ2v) is 5.02. The quantitative estimate of drug-likeness (QED) is 0.795. The van der Waals surface area contributed by atoms with Gasteiger partial charge in [0.1, 0.15) is 5.82 Å². The van der Waals surface area contributed by atoms with E-state index in [4.69, 9.17) is 16.3 Å². The fourth-order valence-electron chi connectivity index (χ4n) is 1.95. The third kappa shape index (κ3) is 4.34. The van der Waals surface area contributed by atoms with Gasteiger partial charge in [-0.1, -0.05) is 17.7 Å². The van der Waals surface area contributed by atoms with Crippen molar-refractivity contribution in [2.75, 3.05) is 20.3 Å². The number of aromatic nitrogens is 1. The van der Waals surface area contributed by atoms with Crippen LogP contribution in [-0.2, 0) is 17.8 Å². The lowest BCUT2D eigenvalue weighted by Gasteiger charge is -2.05. The van der Waals surface area contributed by atoms with E-state index < -0.39 is 0 Å². The average Bonchev–Trinajstić information content (AvgIpc) is 2.87. The van der Waals surface area contributed by atoms with E-state index in [0.717, 1.165) is 18.7 Å². The van der Waals surface area contributed by atoms with Crippen molar-refractivity contribution in [1.29, 1.82) is 0 Å². The first-order chi connectivity index (χ1) is 9.69. The Morgan fingerprint density at radius 2 is 2.15 bits per heavy atom. The van der Waals surface area contributed by atoms with Gasteiger partial charge in [0, 0.05) is 39.1 Å². The van der Waals surface area contributed by atoms with Crippen molar-refractivity contribution in [2.24, 2.45) is 0 Å². The summed E-state index contributed by atoms with van der Waals surface area (Å²) in [6.07, 6.45) is 4.07. The van der Waals surface area contributed by atoms with Crippen molar-refractivity contribution >= 4 is 11.6 Å². The maximum atomic E-state index is 13.1. The Morgan fingerprint density at radius 1 is 1.30 bits per heavy atom. The smallest absolute Gasteiger partial charge is 0.141 e. The average molecular weight is 297 g/mol. The van der Waals surface area contributed by atoms with E-state index in [1.165, 1.54) is 11.6 Å². The molecule has 0 aliphatic rings. The van der Waals surface area contributed by atoms with E-state index in [1.54, 1.807) is 19.2 Å². The highest BCUT2D eigenvalue weighted by Crippen LogP contribution is 2.17. The first-order valence-electron chi connectivity index (χ1n) is 6.47. The highest BCUT2D eigenvalue weighted by molar-refractivity contribution is 6.30. The van der Waals surface area contributed by atoms with Crippen LogP contribution in [-0.4, -0.2) is 24.8 Å². The summed E-state index contributed by atoms with van der Waals surface area (Å²) in [5, 5.41) is 3.45. The zero-order valence-corrected chi connectivity index (χ0v) is 12.2. The van der Waals surface area contributed by atoms with Crippen molar-refractivity contribution in [3.8, 4) is 0 Å². The number of benzene rings is 1. The third-order valence-electron chi connectivity index (χ3n) is 2.97. The van der Waals surface area contributed by atoms with Crippen LogP contribution < -0.4 is 5.32 Å². The molecule has 0 amide bonds. The molecule has 0 spiro atoms. The number of nitrogens with one attached hydrogen (secondary N) is 1. The van der Waals surface area contributed by atoms with Gasteiger partial charge < -0.3 is 14.6 Å². The molecule has 0 saturated carbocycles. The lowest BCUT2D eigenvalue weighted by atomic mass is 10.2. The minimum Gasteiger partial charge on any atom is -0.383 e. The Morgan fingerprint density at radius 3 is 2.90 bits per heavy atom. The minimum atomic E-state index is -0.383. The van der Waals surface area contributed by atoms with Crippen molar-refractivity contribution in [1.82, 2.24) is 9.88 Å². The number of hydrogen-bond donors (Lipinski definition) is 1. The zero-order chi connectivity index (χ0) is 14.4. The summed E-state index contributed by atoms with van der Waals surface area (Å²) in [7, 11) is 1.69. The van der Waals surface area contributed by atoms with E-state index in [0.29, 0.717) is 13.2 Å². The molecule has 5 heteroatoms. The fourth-order valence-corrected chi connectivity index (χ4v) is 2.15. The standard InChI is InChI=1S/C15H18ClFN2O/c1-20-7-5-18-9-13-4-6-19(11-13)10-12-2-3-15(17)14(16)8-12/h2-4,6,8,11,18H,5,7,9-10H2,1H3. The van der Waals surface area contributed by atoms with Gasteiger partial charge in [-0.15, -0.1) is 0 Å². The first kappa shape index (κ1) is 15.0. The van der Waals surface area contributed by atoms with E-state index >= 15 is 0 Å². The Bertz CT molecular complexity index is 557. The predicted octanol–water partition coefficient (Wildman–Crippen LogP) is 3.06. The van der Waals surface area contributed by atoms with Crippen molar-refractivity contribution in [2.45, 2.75) is 13.1 Å². The molecule has 3 nitrogen and oxygen atoms in total. The van der Waals surface area contributed by atoms with Gasteiger partial charge in [0.25, 0.3) is 0 Å². The Balaban J connectivity index is 1.90. The van der Waals surface area contributed by atoms with Gasteiger partial charge in [-0.2, -0.15) is 0 Å². The molecule has 1 aromatic heterocycles. The minimum absolute atomic E-state index is 0.163. The van der Waals surface area contributed by atoms with E-state index in [1.807, 2.05) is 6.20 Å². The van der Waals surface area contributed by atoms with E-state index in [-0.39, 0.29) is 10.8 Å². The molecule has 2 aromatic rings. The molecule has 0 saturated heterocycles. The van der Waals surface area contributed by atoms with Gasteiger partial charge in [0.15, 0.2) is 0 Å². The molecule has 1 N–H and O–H groups in total. The summed E-state index contributed by atoms with van der Waals surface area (Å²) in [5.41, 5.74) is 2.18. The second kappa shape index (κ2) is 7.43. The van der Waals surface area contributed by atoms with Crippen molar-refractivity contribution in [3.63, 3.8) is 0 Å². The van der Waals surface area contributed by atoms with Crippen LogP contribution in [0.4, 0.5) is 4.39 Å². The molecule has 2 rings (SSSR count). The number of halogens is 2. The lowest BCUT2D eigenvalue weighted by molar-refractivity contribution is 0.199. The van der Waals surface area contributed by atoms with Gasteiger partial charge in [-0.3, -0.25) is 0 Å². The van der Waals surface area contributed by atoms with Crippen LogP contribution in [0.3, 0.4) is 0 Å². The topological polar surface area (TPSA) is 26.2 Å². The van der Waals surface area contributed by atoms with Gasteiger partial charge in [0.05, 0.1) is 11.6 Å². The molecular weight excluding hydrogens is 279 g/mol. The van der Waals surface area contributed by atoms with E-state index in [9.17, 15) is 4.39 Å². The van der Waals surface area contributed by atoms with Gasteiger partial charge >= 0.3 is 0 Å². The second-order valence-electron chi connectivity index (χ2n) is 4.61. The third-order valence-corrected chi connectivity index (χ3v) is 3.26. The van der Waals surface area contributed by atoms with Gasteiger partial charge in [-0.25, -0.2) is 4.39 Å². The summed E-state index contributed by atoms with van der Waals surface area (Å²) in [5.74, 6) is -0.383. The molecule has 0 radical (unpaired) electrons. The summed E-state index contributed by atoms with van der Waals surface area (Å²) in [4.78, 5) is 0. The SMILES string of the molecule is COCCNCc1ccn(Cc2ccc(F)c(Cl)c2)c1. The molecule has 1 heterocycles. The zero-order valence-electron chi connectivity index (χ0n) is 11.4. The number of hydrogen-bond acceptors (Lipinski definition) is 2. The van der Waals surface area contributed by atoms with Crippen LogP contribution in [0.25, 0.3) is 0 Å². The molecule has 0 fully saturated rings. The number of methoxy groups -OCH3 is 1. The monoisotopic (exact) mass is 296 g/mol. The molecule has 0 aliphatic heterocycles. The highest BCUT2D eigenvalue weighted by Gasteiger charge is 2.02. The Labute approximate surface area is 123 Å². The lowest BCUT2D eigenvalue weighted by Crippen LogP contribution is -2.18. The molecule has 0 bridgehead atoms. The molecule has 0 atom stereocenters. The maximum Gasteiger partial charge on any atom is 0.141 e. The Hall–Kier alpha value is -1.36. The molecule has 20 heavy (non-hydrogen) atoms. The molecule has 0 aliphatic carbocycles. The maximum absolute atomic E-state index is 13.1. The van der Waals surface area contributed by atoms with Gasteiger partial charge in [0.2, 0.25) is 0 Å². The predicted molar refractivity (Wildman–Crippen MR) is 78.5 cm³/mol. The molecule has 0 unspecified atom stereocenters. The highest BCUT2D eigenvalue weighted by atomic mass is 35.5. The van der Waals surface area contributed by atoms with E-state index in [2.05, 4.69) is 22.1 Å². The molecule has 1 aromatic carbocycles. The largest absolute Gasteiger partial charge is 0.383 e. The van der Waals surface area contributed by atoms with Crippen LogP contribution >= 0.6 is 11.6 Å². The van der Waals surface area contributed by atoms with Crippen LogP contribution in [0.15, 0.2) is 36.7 Å². The summed E-state index contributed by atoms with van der Waals surface area (Å²) < 4.78 is 20.1.